The zero-order valence-corrected chi connectivity index (χ0v) is 9.09. The van der Waals surface area contributed by atoms with Crippen LogP contribution in [0.15, 0.2) is 23.8 Å². The van der Waals surface area contributed by atoms with Gasteiger partial charge in [-0.3, -0.25) is 0 Å². The van der Waals surface area contributed by atoms with Crippen LogP contribution >= 0.6 is 0 Å². The van der Waals surface area contributed by atoms with Gasteiger partial charge in [0.15, 0.2) is 0 Å². The van der Waals surface area contributed by atoms with Crippen LogP contribution in [0.3, 0.4) is 0 Å². The van der Waals surface area contributed by atoms with Crippen molar-refractivity contribution in [1.82, 2.24) is 0 Å². The summed E-state index contributed by atoms with van der Waals surface area (Å²) in [6.45, 7) is 6.21. The van der Waals surface area contributed by atoms with E-state index in [1.807, 2.05) is 6.92 Å². The van der Waals surface area contributed by atoms with Crippen molar-refractivity contribution in [1.29, 1.82) is 0 Å². The Morgan fingerprint density at radius 2 is 1.92 bits per heavy atom. The monoisotopic (exact) mass is 182 g/mol. The summed E-state index contributed by atoms with van der Waals surface area (Å²) in [5.74, 6) is 0. The van der Waals surface area contributed by atoms with Crippen molar-refractivity contribution in [3.63, 3.8) is 0 Å². The summed E-state index contributed by atoms with van der Waals surface area (Å²) in [4.78, 5) is 0. The number of rotatable bonds is 6. The second-order valence-electron chi connectivity index (χ2n) is 3.33. The molecule has 0 aromatic rings. The molecule has 0 aromatic carbocycles. The van der Waals surface area contributed by atoms with Gasteiger partial charge in [0.1, 0.15) is 0 Å². The predicted octanol–water partition coefficient (Wildman–Crippen LogP) is 3.45. The Hall–Kier alpha value is -0.560. The Morgan fingerprint density at radius 3 is 2.46 bits per heavy atom. The summed E-state index contributed by atoms with van der Waals surface area (Å²) in [5, 5.41) is 9.65. The van der Waals surface area contributed by atoms with E-state index in [4.69, 9.17) is 0 Å². The van der Waals surface area contributed by atoms with Crippen LogP contribution in [0.1, 0.15) is 46.5 Å². The number of hydrogen-bond acceptors (Lipinski definition) is 1. The SMILES string of the molecule is CC/C=C/CCC(O)/C(C)=C/CC. The van der Waals surface area contributed by atoms with Gasteiger partial charge >= 0.3 is 0 Å². The van der Waals surface area contributed by atoms with E-state index >= 15 is 0 Å². The minimum Gasteiger partial charge on any atom is -0.389 e. The average molecular weight is 182 g/mol. The van der Waals surface area contributed by atoms with Crippen molar-refractivity contribution in [3.05, 3.63) is 23.8 Å². The fraction of sp³-hybridized carbons (Fsp3) is 0.667. The van der Waals surface area contributed by atoms with Crippen molar-refractivity contribution in [2.45, 2.75) is 52.6 Å². The lowest BCUT2D eigenvalue weighted by Crippen LogP contribution is -2.07. The highest BCUT2D eigenvalue weighted by atomic mass is 16.3. The average Bonchev–Trinajstić information content (AvgIpc) is 2.12. The Morgan fingerprint density at radius 1 is 1.23 bits per heavy atom. The number of aliphatic hydroxyl groups is 1. The third kappa shape index (κ3) is 6.59. The largest absolute Gasteiger partial charge is 0.389 e. The first-order chi connectivity index (χ1) is 6.22. The summed E-state index contributed by atoms with van der Waals surface area (Å²) in [5.41, 5.74) is 1.10. The molecule has 0 radical (unpaired) electrons. The smallest absolute Gasteiger partial charge is 0.0750 e. The summed E-state index contributed by atoms with van der Waals surface area (Å²) in [7, 11) is 0. The van der Waals surface area contributed by atoms with Crippen LogP contribution in [0.5, 0.6) is 0 Å². The quantitative estimate of drug-likeness (QED) is 0.624. The van der Waals surface area contributed by atoms with Gasteiger partial charge in [0.2, 0.25) is 0 Å². The van der Waals surface area contributed by atoms with Crippen molar-refractivity contribution in [3.8, 4) is 0 Å². The van der Waals surface area contributed by atoms with Gasteiger partial charge in [-0.05, 0) is 38.2 Å². The molecule has 1 N–H and O–H groups in total. The molecule has 13 heavy (non-hydrogen) atoms. The fourth-order valence-corrected chi connectivity index (χ4v) is 1.22. The molecule has 1 atom stereocenters. The molecule has 0 saturated carbocycles. The van der Waals surface area contributed by atoms with Gasteiger partial charge in [0, 0.05) is 0 Å². The lowest BCUT2D eigenvalue weighted by atomic mass is 10.1. The molecule has 0 bridgehead atoms. The van der Waals surface area contributed by atoms with Gasteiger partial charge in [0.25, 0.3) is 0 Å². The molecule has 0 aliphatic heterocycles. The highest BCUT2D eigenvalue weighted by molar-refractivity contribution is 5.04. The second-order valence-corrected chi connectivity index (χ2v) is 3.33. The summed E-state index contributed by atoms with van der Waals surface area (Å²) < 4.78 is 0. The lowest BCUT2D eigenvalue weighted by molar-refractivity contribution is 0.201. The van der Waals surface area contributed by atoms with Crippen molar-refractivity contribution >= 4 is 0 Å². The van der Waals surface area contributed by atoms with Crippen LogP contribution < -0.4 is 0 Å². The molecular weight excluding hydrogens is 160 g/mol. The van der Waals surface area contributed by atoms with Gasteiger partial charge in [-0.1, -0.05) is 32.1 Å². The van der Waals surface area contributed by atoms with E-state index in [-0.39, 0.29) is 6.10 Å². The minimum atomic E-state index is -0.249. The highest BCUT2D eigenvalue weighted by Crippen LogP contribution is 2.09. The molecule has 0 heterocycles. The molecule has 0 fully saturated rings. The Balaban J connectivity index is 3.67. The summed E-state index contributed by atoms with van der Waals surface area (Å²) >= 11 is 0. The Kier molecular flexibility index (Phi) is 7.71. The normalized spacial score (nSPS) is 15.2. The van der Waals surface area contributed by atoms with E-state index in [0.717, 1.165) is 31.3 Å². The molecule has 0 amide bonds. The van der Waals surface area contributed by atoms with Gasteiger partial charge in [-0.15, -0.1) is 0 Å². The maximum atomic E-state index is 9.65. The molecule has 1 unspecified atom stereocenters. The third-order valence-corrected chi connectivity index (χ3v) is 2.06. The molecule has 0 spiro atoms. The fourth-order valence-electron chi connectivity index (χ4n) is 1.22. The first-order valence-corrected chi connectivity index (χ1v) is 5.22. The van der Waals surface area contributed by atoms with E-state index < -0.39 is 0 Å². The van der Waals surface area contributed by atoms with Crippen molar-refractivity contribution in [2.75, 3.05) is 0 Å². The van der Waals surface area contributed by atoms with Crippen LogP contribution in [-0.2, 0) is 0 Å². The number of allylic oxidation sites excluding steroid dienone is 3. The Bertz CT molecular complexity index is 168. The van der Waals surface area contributed by atoms with Crippen LogP contribution in [-0.4, -0.2) is 11.2 Å². The summed E-state index contributed by atoms with van der Waals surface area (Å²) in [6, 6.07) is 0. The minimum absolute atomic E-state index is 0.249. The van der Waals surface area contributed by atoms with E-state index in [1.165, 1.54) is 0 Å². The van der Waals surface area contributed by atoms with Gasteiger partial charge in [-0.2, -0.15) is 0 Å². The summed E-state index contributed by atoms with van der Waals surface area (Å²) in [6.07, 6.45) is 10.0. The highest BCUT2D eigenvalue weighted by Gasteiger charge is 2.03. The molecule has 0 aliphatic rings. The van der Waals surface area contributed by atoms with Gasteiger partial charge in [-0.25, -0.2) is 0 Å². The predicted molar refractivity (Wildman–Crippen MR) is 58.7 cm³/mol. The van der Waals surface area contributed by atoms with E-state index in [2.05, 4.69) is 32.1 Å². The van der Waals surface area contributed by atoms with Crippen LogP contribution in [0, 0.1) is 0 Å². The lowest BCUT2D eigenvalue weighted by Gasteiger charge is -2.09. The zero-order valence-electron chi connectivity index (χ0n) is 9.09. The molecule has 0 aliphatic carbocycles. The van der Waals surface area contributed by atoms with Crippen molar-refractivity contribution < 1.29 is 5.11 Å². The molecule has 1 nitrogen and oxygen atoms in total. The molecule has 0 aromatic heterocycles. The maximum Gasteiger partial charge on any atom is 0.0750 e. The van der Waals surface area contributed by atoms with Gasteiger partial charge < -0.3 is 5.11 Å². The molecule has 0 saturated heterocycles. The Labute approximate surface area is 82.2 Å². The van der Waals surface area contributed by atoms with Crippen molar-refractivity contribution in [2.24, 2.45) is 0 Å². The van der Waals surface area contributed by atoms with Gasteiger partial charge in [0.05, 0.1) is 6.10 Å². The second kappa shape index (κ2) is 8.06. The standard InChI is InChI=1S/C12H22O/c1-4-6-7-8-10-12(13)11(3)9-5-2/h6-7,9,12-13H,4-5,8,10H2,1-3H3/b7-6+,11-9+. The van der Waals surface area contributed by atoms with E-state index in [0.29, 0.717) is 0 Å². The van der Waals surface area contributed by atoms with Crippen LogP contribution in [0.2, 0.25) is 0 Å². The van der Waals surface area contributed by atoms with Crippen LogP contribution in [0.4, 0.5) is 0 Å². The van der Waals surface area contributed by atoms with Crippen LogP contribution in [0.25, 0.3) is 0 Å². The third-order valence-electron chi connectivity index (χ3n) is 2.06. The molecule has 0 rings (SSSR count). The van der Waals surface area contributed by atoms with E-state index in [9.17, 15) is 5.11 Å². The first kappa shape index (κ1) is 12.4. The van der Waals surface area contributed by atoms with E-state index in [1.54, 1.807) is 0 Å². The molecule has 76 valence electrons. The number of aliphatic hydroxyl groups excluding tert-OH is 1. The zero-order chi connectivity index (χ0) is 10.1. The topological polar surface area (TPSA) is 20.2 Å². The first-order valence-electron chi connectivity index (χ1n) is 5.22. The molecular formula is C12H22O. The number of hydrogen-bond donors (Lipinski definition) is 1. The maximum absolute atomic E-state index is 9.65. The molecule has 1 heteroatoms.